The maximum Gasteiger partial charge on any atom is 0.285 e. The van der Waals surface area contributed by atoms with Crippen molar-refractivity contribution < 1.29 is 14.9 Å². The zero-order valence-corrected chi connectivity index (χ0v) is 17.1. The third kappa shape index (κ3) is 4.25. The molecular formula is C23H30N3O2+. The fraction of sp³-hybridized carbons (Fsp3) is 0.391. The van der Waals surface area contributed by atoms with Gasteiger partial charge in [-0.15, -0.1) is 0 Å². The third-order valence-corrected chi connectivity index (χ3v) is 5.41. The molecule has 0 unspecified atom stereocenters. The molecule has 2 atom stereocenters. The molecule has 2 amide bonds. The summed E-state index contributed by atoms with van der Waals surface area (Å²) in [6.07, 6.45) is 1.02. The summed E-state index contributed by atoms with van der Waals surface area (Å²) in [5, 5.41) is 4.96. The number of rotatable bonds is 6. The van der Waals surface area contributed by atoms with Crippen molar-refractivity contribution >= 4 is 23.2 Å². The fourth-order valence-electron chi connectivity index (χ4n) is 3.76. The normalized spacial score (nSPS) is 15.8. The van der Waals surface area contributed by atoms with E-state index >= 15 is 0 Å². The summed E-state index contributed by atoms with van der Waals surface area (Å²) < 4.78 is 0. The molecule has 0 bridgehead atoms. The average Bonchev–Trinajstić information content (AvgIpc) is 2.70. The van der Waals surface area contributed by atoms with Crippen LogP contribution in [0.4, 0.5) is 11.4 Å². The second-order valence-electron chi connectivity index (χ2n) is 7.84. The molecule has 2 aromatic rings. The molecule has 0 saturated carbocycles. The van der Waals surface area contributed by atoms with E-state index in [1.54, 1.807) is 4.90 Å². The lowest BCUT2D eigenvalue weighted by molar-refractivity contribution is -0.719. The molecule has 0 spiro atoms. The minimum Gasteiger partial charge on any atom is -0.330 e. The minimum atomic E-state index is -0.294. The van der Waals surface area contributed by atoms with Crippen molar-refractivity contribution in [3.05, 3.63) is 59.7 Å². The molecule has 1 aliphatic rings. The number of nitrogens with two attached hydrogens (primary N) is 1. The molecule has 0 aromatic heterocycles. The second kappa shape index (κ2) is 8.57. The fourth-order valence-corrected chi connectivity index (χ4v) is 3.76. The molecular weight excluding hydrogens is 350 g/mol. The highest BCUT2D eigenvalue weighted by molar-refractivity contribution is 6.10. The second-order valence-corrected chi connectivity index (χ2v) is 7.84. The summed E-state index contributed by atoms with van der Waals surface area (Å²) in [6, 6.07) is 16.0. The van der Waals surface area contributed by atoms with Crippen LogP contribution in [0.25, 0.3) is 0 Å². The lowest BCUT2D eigenvalue weighted by Crippen LogP contribution is -2.93. The smallest absolute Gasteiger partial charge is 0.285 e. The summed E-state index contributed by atoms with van der Waals surface area (Å²) in [5.74, 6) is 0.174. The Morgan fingerprint density at radius 3 is 2.43 bits per heavy atom. The SMILES string of the molecule is CCc1ccc([C@@H]([NH2+][C@H](C)C(=O)N2CC(=O)Nc3ccccc32)C(C)C)cc1. The summed E-state index contributed by atoms with van der Waals surface area (Å²) in [5.41, 5.74) is 3.99. The largest absolute Gasteiger partial charge is 0.330 e. The number of aryl methyl sites for hydroxylation is 1. The van der Waals surface area contributed by atoms with Crippen LogP contribution in [-0.4, -0.2) is 24.4 Å². The Labute approximate surface area is 167 Å². The van der Waals surface area contributed by atoms with E-state index in [1.807, 2.05) is 31.2 Å². The first-order valence-corrected chi connectivity index (χ1v) is 10.0. The highest BCUT2D eigenvalue weighted by Crippen LogP contribution is 2.29. The Morgan fingerprint density at radius 2 is 1.79 bits per heavy atom. The van der Waals surface area contributed by atoms with Gasteiger partial charge in [0, 0.05) is 11.5 Å². The molecule has 0 saturated heterocycles. The van der Waals surface area contributed by atoms with E-state index in [4.69, 9.17) is 0 Å². The standard InChI is InChI=1S/C23H29N3O2/c1-5-17-10-12-18(13-11-17)22(15(2)3)24-16(4)23(28)26-14-21(27)25-19-8-6-7-9-20(19)26/h6-13,15-16,22,24H,5,14H2,1-4H3,(H,25,27)/p+1/t16-,22+/m1/s1. The van der Waals surface area contributed by atoms with Crippen molar-refractivity contribution in [1.82, 2.24) is 0 Å². The zero-order chi connectivity index (χ0) is 20.3. The monoisotopic (exact) mass is 380 g/mol. The molecule has 1 aliphatic heterocycles. The van der Waals surface area contributed by atoms with Gasteiger partial charge in [-0.05, 0) is 31.0 Å². The van der Waals surface area contributed by atoms with E-state index in [0.29, 0.717) is 11.6 Å². The van der Waals surface area contributed by atoms with Gasteiger partial charge in [0.2, 0.25) is 5.91 Å². The molecule has 0 fully saturated rings. The lowest BCUT2D eigenvalue weighted by Gasteiger charge is -2.31. The molecule has 1 heterocycles. The van der Waals surface area contributed by atoms with Crippen LogP contribution in [0.1, 0.15) is 44.9 Å². The molecule has 2 aromatic carbocycles. The Balaban J connectivity index is 1.79. The summed E-state index contributed by atoms with van der Waals surface area (Å²) in [6.45, 7) is 8.48. The van der Waals surface area contributed by atoms with Gasteiger partial charge in [-0.25, -0.2) is 0 Å². The van der Waals surface area contributed by atoms with Gasteiger partial charge < -0.3 is 10.6 Å². The number of quaternary nitrogens is 1. The number of carbonyl (C=O) groups excluding carboxylic acids is 2. The van der Waals surface area contributed by atoms with Gasteiger partial charge in [0.15, 0.2) is 6.04 Å². The number of hydrogen-bond acceptors (Lipinski definition) is 2. The Hall–Kier alpha value is -2.66. The Kier molecular flexibility index (Phi) is 6.15. The molecule has 5 nitrogen and oxygen atoms in total. The lowest BCUT2D eigenvalue weighted by atomic mass is 9.94. The predicted molar refractivity (Wildman–Crippen MR) is 112 cm³/mol. The van der Waals surface area contributed by atoms with E-state index < -0.39 is 0 Å². The van der Waals surface area contributed by atoms with Crippen LogP contribution in [-0.2, 0) is 16.0 Å². The number of para-hydroxylation sites is 2. The molecule has 5 heteroatoms. The summed E-state index contributed by atoms with van der Waals surface area (Å²) in [7, 11) is 0. The first-order chi connectivity index (χ1) is 13.4. The van der Waals surface area contributed by atoms with E-state index in [0.717, 1.165) is 12.1 Å². The number of carbonyl (C=O) groups is 2. The zero-order valence-electron chi connectivity index (χ0n) is 17.1. The van der Waals surface area contributed by atoms with E-state index in [-0.39, 0.29) is 30.4 Å². The van der Waals surface area contributed by atoms with Crippen LogP contribution >= 0.6 is 0 Å². The van der Waals surface area contributed by atoms with Gasteiger partial charge in [-0.1, -0.05) is 57.2 Å². The number of amides is 2. The molecule has 3 N–H and O–H groups in total. The highest BCUT2D eigenvalue weighted by atomic mass is 16.2. The topological polar surface area (TPSA) is 66.0 Å². The third-order valence-electron chi connectivity index (χ3n) is 5.41. The van der Waals surface area contributed by atoms with Gasteiger partial charge in [0.25, 0.3) is 5.91 Å². The van der Waals surface area contributed by atoms with Crippen LogP contribution in [0.2, 0.25) is 0 Å². The summed E-state index contributed by atoms with van der Waals surface area (Å²) in [4.78, 5) is 26.9. The van der Waals surface area contributed by atoms with Crippen LogP contribution < -0.4 is 15.5 Å². The first-order valence-electron chi connectivity index (χ1n) is 10.0. The van der Waals surface area contributed by atoms with Crippen LogP contribution in [0, 0.1) is 5.92 Å². The van der Waals surface area contributed by atoms with Crippen molar-refractivity contribution in [3.8, 4) is 0 Å². The Bertz CT molecular complexity index is 845. The highest BCUT2D eigenvalue weighted by Gasteiger charge is 2.33. The van der Waals surface area contributed by atoms with Crippen molar-refractivity contribution in [3.63, 3.8) is 0 Å². The molecule has 28 heavy (non-hydrogen) atoms. The van der Waals surface area contributed by atoms with Crippen molar-refractivity contribution in [1.29, 1.82) is 0 Å². The van der Waals surface area contributed by atoms with Crippen LogP contribution in [0.15, 0.2) is 48.5 Å². The number of hydrogen-bond donors (Lipinski definition) is 2. The summed E-state index contributed by atoms with van der Waals surface area (Å²) >= 11 is 0. The maximum atomic E-state index is 13.2. The van der Waals surface area contributed by atoms with Crippen LogP contribution in [0.5, 0.6) is 0 Å². The van der Waals surface area contributed by atoms with E-state index in [1.165, 1.54) is 11.1 Å². The van der Waals surface area contributed by atoms with Crippen molar-refractivity contribution in [2.24, 2.45) is 5.92 Å². The average molecular weight is 381 g/mol. The number of anilines is 2. The van der Waals surface area contributed by atoms with Gasteiger partial charge in [-0.3, -0.25) is 14.5 Å². The minimum absolute atomic E-state index is 0.0434. The first kappa shape index (κ1) is 20.1. The molecule has 0 aliphatic carbocycles. The quantitative estimate of drug-likeness (QED) is 0.809. The molecule has 0 radical (unpaired) electrons. The predicted octanol–water partition coefficient (Wildman–Crippen LogP) is 2.88. The number of benzene rings is 2. The van der Waals surface area contributed by atoms with Crippen molar-refractivity contribution in [2.45, 2.75) is 46.2 Å². The van der Waals surface area contributed by atoms with Gasteiger partial charge in [-0.2, -0.15) is 0 Å². The molecule has 3 rings (SSSR count). The van der Waals surface area contributed by atoms with Crippen LogP contribution in [0.3, 0.4) is 0 Å². The number of nitrogens with zero attached hydrogens (tertiary/aromatic N) is 1. The van der Waals surface area contributed by atoms with Gasteiger partial charge in [0.05, 0.1) is 11.4 Å². The van der Waals surface area contributed by atoms with Gasteiger partial charge in [0.1, 0.15) is 12.6 Å². The number of fused-ring (bicyclic) bond motifs is 1. The maximum absolute atomic E-state index is 13.2. The number of nitrogens with one attached hydrogen (secondary N) is 1. The Morgan fingerprint density at radius 1 is 1.11 bits per heavy atom. The van der Waals surface area contributed by atoms with Gasteiger partial charge >= 0.3 is 0 Å². The van der Waals surface area contributed by atoms with E-state index in [2.05, 4.69) is 55.7 Å². The molecule has 148 valence electrons. The van der Waals surface area contributed by atoms with Crippen molar-refractivity contribution in [2.75, 3.05) is 16.8 Å². The van der Waals surface area contributed by atoms with E-state index in [9.17, 15) is 9.59 Å².